The van der Waals surface area contributed by atoms with Crippen molar-refractivity contribution in [2.75, 3.05) is 11.4 Å². The fourth-order valence-electron chi connectivity index (χ4n) is 6.04. The molecule has 0 radical (unpaired) electrons. The standard InChI is InChI=1S/C34H28N2/c1-34(2)18-20-36(23-11-4-3-5-12-23)32-22-29-27-16-9-7-14-25(27)24-13-6-8-15-26(24)28-17-10-19-35-33(28)30(29)21-31(32)34/h3-17,19,21-22H,18,20H2,1-2H3. The third-order valence-electron chi connectivity index (χ3n) is 7.97. The maximum Gasteiger partial charge on any atom is 0.0786 e. The van der Waals surface area contributed by atoms with Crippen LogP contribution in [-0.4, -0.2) is 11.5 Å². The zero-order valence-electron chi connectivity index (χ0n) is 20.7. The first-order valence-electron chi connectivity index (χ1n) is 12.8. The van der Waals surface area contributed by atoms with Gasteiger partial charge in [-0.3, -0.25) is 4.98 Å². The highest BCUT2D eigenvalue weighted by Crippen LogP contribution is 2.52. The van der Waals surface area contributed by atoms with Crippen LogP contribution >= 0.6 is 0 Å². The molecule has 4 aromatic carbocycles. The van der Waals surface area contributed by atoms with E-state index in [1.165, 1.54) is 55.9 Å². The molecule has 36 heavy (non-hydrogen) atoms. The summed E-state index contributed by atoms with van der Waals surface area (Å²) in [5, 5.41) is 0. The van der Waals surface area contributed by atoms with E-state index >= 15 is 0 Å². The van der Waals surface area contributed by atoms with Gasteiger partial charge in [0.15, 0.2) is 0 Å². The maximum atomic E-state index is 4.99. The van der Waals surface area contributed by atoms with Crippen LogP contribution in [0, 0.1) is 0 Å². The van der Waals surface area contributed by atoms with Gasteiger partial charge in [-0.25, -0.2) is 0 Å². The molecule has 1 aliphatic heterocycles. The zero-order chi connectivity index (χ0) is 24.3. The van der Waals surface area contributed by atoms with Crippen molar-refractivity contribution in [3.05, 3.63) is 115 Å². The predicted octanol–water partition coefficient (Wildman–Crippen LogP) is 8.88. The minimum absolute atomic E-state index is 0.0738. The minimum atomic E-state index is 0.0738. The molecule has 0 saturated carbocycles. The molecule has 2 nitrogen and oxygen atoms in total. The molecule has 1 aromatic heterocycles. The lowest BCUT2D eigenvalue weighted by Crippen LogP contribution is -2.34. The van der Waals surface area contributed by atoms with E-state index in [0.717, 1.165) is 18.7 Å². The molecule has 174 valence electrons. The van der Waals surface area contributed by atoms with Crippen molar-refractivity contribution in [1.29, 1.82) is 0 Å². The maximum absolute atomic E-state index is 4.99. The Balaban J connectivity index is 1.60. The van der Waals surface area contributed by atoms with Crippen molar-refractivity contribution >= 4 is 11.4 Å². The van der Waals surface area contributed by atoms with Gasteiger partial charge in [-0.05, 0) is 75.5 Å². The van der Waals surface area contributed by atoms with E-state index in [0.29, 0.717) is 0 Å². The predicted molar refractivity (Wildman–Crippen MR) is 151 cm³/mol. The van der Waals surface area contributed by atoms with Crippen LogP contribution in [-0.2, 0) is 5.41 Å². The summed E-state index contributed by atoms with van der Waals surface area (Å²) in [5.74, 6) is 0. The summed E-state index contributed by atoms with van der Waals surface area (Å²) < 4.78 is 0. The van der Waals surface area contributed by atoms with Crippen molar-refractivity contribution in [2.45, 2.75) is 25.7 Å². The van der Waals surface area contributed by atoms with Crippen LogP contribution in [0.15, 0.2) is 109 Å². The summed E-state index contributed by atoms with van der Waals surface area (Å²) in [5.41, 5.74) is 13.8. The Morgan fingerprint density at radius 3 is 1.89 bits per heavy atom. The molecule has 0 unspecified atom stereocenters. The molecule has 0 spiro atoms. The summed E-state index contributed by atoms with van der Waals surface area (Å²) in [6.45, 7) is 5.76. The Morgan fingerprint density at radius 1 is 0.611 bits per heavy atom. The first-order valence-corrected chi connectivity index (χ1v) is 12.8. The van der Waals surface area contributed by atoms with Crippen LogP contribution < -0.4 is 4.90 Å². The van der Waals surface area contributed by atoms with Gasteiger partial charge in [0.05, 0.1) is 5.69 Å². The van der Waals surface area contributed by atoms with Crippen molar-refractivity contribution in [3.8, 4) is 44.6 Å². The lowest BCUT2D eigenvalue weighted by molar-refractivity contribution is 0.467. The number of anilines is 2. The van der Waals surface area contributed by atoms with Crippen molar-refractivity contribution in [2.24, 2.45) is 0 Å². The average Bonchev–Trinajstić information content (AvgIpc) is 2.92. The molecule has 1 aliphatic carbocycles. The van der Waals surface area contributed by atoms with Crippen LogP contribution in [0.3, 0.4) is 0 Å². The van der Waals surface area contributed by atoms with Gasteiger partial charge in [-0.15, -0.1) is 0 Å². The molecule has 0 saturated heterocycles. The summed E-state index contributed by atoms with van der Waals surface area (Å²) in [7, 11) is 0. The second kappa shape index (κ2) is 7.93. The number of hydrogen-bond acceptors (Lipinski definition) is 2. The van der Waals surface area contributed by atoms with Gasteiger partial charge in [-0.2, -0.15) is 0 Å². The molecule has 2 heteroatoms. The van der Waals surface area contributed by atoms with Crippen molar-refractivity contribution in [3.63, 3.8) is 0 Å². The van der Waals surface area contributed by atoms with E-state index in [1.807, 2.05) is 6.20 Å². The van der Waals surface area contributed by atoms with Gasteiger partial charge < -0.3 is 4.90 Å². The number of fused-ring (bicyclic) bond motifs is 9. The number of aromatic nitrogens is 1. The largest absolute Gasteiger partial charge is 0.341 e. The highest BCUT2D eigenvalue weighted by molar-refractivity contribution is 6.03. The molecule has 0 amide bonds. The number of para-hydroxylation sites is 1. The molecule has 2 aliphatic rings. The summed E-state index contributed by atoms with van der Waals surface area (Å²) >= 11 is 0. The molecule has 0 N–H and O–H groups in total. The van der Waals surface area contributed by atoms with Crippen LogP contribution in [0.2, 0.25) is 0 Å². The van der Waals surface area contributed by atoms with Gasteiger partial charge >= 0.3 is 0 Å². The lowest BCUT2D eigenvalue weighted by Gasteiger charge is -2.41. The van der Waals surface area contributed by atoms with Crippen LogP contribution in [0.25, 0.3) is 44.6 Å². The number of benzene rings is 4. The Morgan fingerprint density at radius 2 is 1.19 bits per heavy atom. The van der Waals surface area contributed by atoms with E-state index in [1.54, 1.807) is 0 Å². The van der Waals surface area contributed by atoms with E-state index < -0.39 is 0 Å². The van der Waals surface area contributed by atoms with Crippen LogP contribution in [0.1, 0.15) is 25.8 Å². The second-order valence-corrected chi connectivity index (χ2v) is 10.5. The van der Waals surface area contributed by atoms with Crippen molar-refractivity contribution in [1.82, 2.24) is 4.98 Å². The average molecular weight is 465 g/mol. The molecular formula is C34H28N2. The van der Waals surface area contributed by atoms with Gasteiger partial charge in [0.2, 0.25) is 0 Å². The van der Waals surface area contributed by atoms with Gasteiger partial charge in [0, 0.05) is 35.2 Å². The Labute approximate surface area is 212 Å². The molecule has 0 bridgehead atoms. The molecule has 0 fully saturated rings. The molecule has 0 atom stereocenters. The molecule has 7 rings (SSSR count). The first-order chi connectivity index (χ1) is 17.6. The van der Waals surface area contributed by atoms with E-state index in [-0.39, 0.29) is 5.41 Å². The highest BCUT2D eigenvalue weighted by atomic mass is 15.1. The Kier molecular flexibility index (Phi) is 4.65. The third-order valence-corrected chi connectivity index (χ3v) is 7.97. The number of rotatable bonds is 1. The molecule has 5 aromatic rings. The fourth-order valence-corrected chi connectivity index (χ4v) is 6.04. The fraction of sp³-hybridized carbons (Fsp3) is 0.147. The van der Waals surface area contributed by atoms with Gasteiger partial charge in [0.1, 0.15) is 0 Å². The Bertz CT molecular complexity index is 1610. The van der Waals surface area contributed by atoms with Gasteiger partial charge in [0.25, 0.3) is 0 Å². The first kappa shape index (κ1) is 21.1. The highest BCUT2D eigenvalue weighted by Gasteiger charge is 2.34. The lowest BCUT2D eigenvalue weighted by atomic mass is 9.74. The monoisotopic (exact) mass is 464 g/mol. The van der Waals surface area contributed by atoms with E-state index in [4.69, 9.17) is 4.98 Å². The zero-order valence-corrected chi connectivity index (χ0v) is 20.7. The normalized spacial score (nSPS) is 14.9. The minimum Gasteiger partial charge on any atom is -0.341 e. The number of nitrogens with zero attached hydrogens (tertiary/aromatic N) is 2. The molecule has 2 heterocycles. The van der Waals surface area contributed by atoms with Gasteiger partial charge in [-0.1, -0.05) is 86.6 Å². The number of pyridine rings is 1. The van der Waals surface area contributed by atoms with E-state index in [2.05, 4.69) is 122 Å². The topological polar surface area (TPSA) is 16.1 Å². The quantitative estimate of drug-likeness (QED) is 0.241. The van der Waals surface area contributed by atoms with Crippen LogP contribution in [0.4, 0.5) is 11.4 Å². The molecular weight excluding hydrogens is 436 g/mol. The second-order valence-electron chi connectivity index (χ2n) is 10.5. The summed E-state index contributed by atoms with van der Waals surface area (Å²) in [4.78, 5) is 7.49. The smallest absolute Gasteiger partial charge is 0.0786 e. The van der Waals surface area contributed by atoms with Crippen LogP contribution in [0.5, 0.6) is 0 Å². The third kappa shape index (κ3) is 3.14. The van der Waals surface area contributed by atoms with E-state index in [9.17, 15) is 0 Å². The summed E-state index contributed by atoms with van der Waals surface area (Å²) in [6.07, 6.45) is 3.03. The summed E-state index contributed by atoms with van der Waals surface area (Å²) in [6, 6.07) is 37.5. The van der Waals surface area contributed by atoms with Crippen molar-refractivity contribution < 1.29 is 0 Å². The Hall–Kier alpha value is -4.17. The number of hydrogen-bond donors (Lipinski definition) is 0. The SMILES string of the molecule is CC1(C)CCN(c2ccccc2)c2cc3c(cc21)-c1ncccc1-c1ccccc1-c1ccccc1-3.